The highest BCUT2D eigenvalue weighted by atomic mass is 35.5. The van der Waals surface area contributed by atoms with Gasteiger partial charge in [0.05, 0.1) is 0 Å². The van der Waals surface area contributed by atoms with Crippen LogP contribution in [0.25, 0.3) is 0 Å². The first-order valence-corrected chi connectivity index (χ1v) is 6.42. The second-order valence-corrected chi connectivity index (χ2v) is 5.66. The maximum Gasteiger partial charge on any atom is 0.118 e. The molecule has 0 aliphatic heterocycles. The summed E-state index contributed by atoms with van der Waals surface area (Å²) in [5.74, 6) is 0. The number of benzene rings is 1. The highest BCUT2D eigenvalue weighted by molar-refractivity contribution is 6.48. The average Bonchev–Trinajstić information content (AvgIpc) is 2.28. The Morgan fingerprint density at radius 2 is 1.81 bits per heavy atom. The van der Waals surface area contributed by atoms with Crippen LogP contribution >= 0.6 is 23.2 Å². The minimum atomic E-state index is -0.598. The summed E-state index contributed by atoms with van der Waals surface area (Å²) in [7, 11) is 0. The number of halogens is 2. The van der Waals surface area contributed by atoms with E-state index in [4.69, 9.17) is 23.2 Å². The third-order valence-corrected chi connectivity index (χ3v) is 3.33. The molecule has 0 aliphatic rings. The van der Waals surface area contributed by atoms with Gasteiger partial charge < -0.3 is 0 Å². The zero-order chi connectivity index (χ0) is 11.9. The predicted molar refractivity (Wildman–Crippen MR) is 73.2 cm³/mol. The molecule has 0 atom stereocenters. The van der Waals surface area contributed by atoms with Gasteiger partial charge in [-0.1, -0.05) is 36.4 Å². The summed E-state index contributed by atoms with van der Waals surface area (Å²) in [5.41, 5.74) is 1.29. The summed E-state index contributed by atoms with van der Waals surface area (Å²) in [6.07, 6.45) is 6.45. The van der Waals surface area contributed by atoms with Gasteiger partial charge in [-0.2, -0.15) is 0 Å². The van der Waals surface area contributed by atoms with Crippen molar-refractivity contribution in [1.29, 1.82) is 0 Å². The van der Waals surface area contributed by atoms with E-state index in [1.807, 2.05) is 24.3 Å². The molecule has 0 saturated carbocycles. The highest BCUT2D eigenvalue weighted by Gasteiger charge is 2.22. The maximum absolute atomic E-state index is 6.25. The van der Waals surface area contributed by atoms with Crippen molar-refractivity contribution in [2.24, 2.45) is 0 Å². The first-order chi connectivity index (χ1) is 7.64. The molecule has 0 saturated heterocycles. The average molecular weight is 257 g/mol. The summed E-state index contributed by atoms with van der Waals surface area (Å²) in [6.45, 7) is 3.69. The summed E-state index contributed by atoms with van der Waals surface area (Å²) in [4.78, 5) is 0. The molecule has 1 aromatic rings. The van der Waals surface area contributed by atoms with Crippen LogP contribution in [0.4, 0.5) is 0 Å². The third-order valence-electron chi connectivity index (χ3n) is 2.57. The first-order valence-electron chi connectivity index (χ1n) is 5.67. The zero-order valence-electron chi connectivity index (χ0n) is 9.46. The Balaban J connectivity index is 2.32. The fraction of sp³-hybridized carbons (Fsp3) is 0.429. The number of aryl methyl sites for hydroxylation is 1. The van der Waals surface area contributed by atoms with E-state index in [1.54, 1.807) is 0 Å². The molecule has 16 heavy (non-hydrogen) atoms. The lowest BCUT2D eigenvalue weighted by Gasteiger charge is -2.19. The molecular formula is C14H18Cl2. The maximum atomic E-state index is 6.25. The van der Waals surface area contributed by atoms with Crippen LogP contribution in [0.3, 0.4) is 0 Å². The molecule has 1 aromatic carbocycles. The van der Waals surface area contributed by atoms with Gasteiger partial charge in [0.15, 0.2) is 0 Å². The van der Waals surface area contributed by atoms with Gasteiger partial charge in [-0.3, -0.25) is 0 Å². The van der Waals surface area contributed by atoms with E-state index in [0.717, 1.165) is 32.1 Å². The van der Waals surface area contributed by atoms with Crippen LogP contribution in [-0.4, -0.2) is 4.33 Å². The molecule has 0 unspecified atom stereocenters. The van der Waals surface area contributed by atoms with Gasteiger partial charge >= 0.3 is 0 Å². The lowest BCUT2D eigenvalue weighted by Crippen LogP contribution is -2.13. The number of hydrogen-bond donors (Lipinski definition) is 0. The van der Waals surface area contributed by atoms with Crippen LogP contribution in [0.1, 0.15) is 31.2 Å². The molecule has 0 aromatic heterocycles. The van der Waals surface area contributed by atoms with E-state index in [2.05, 4.69) is 18.7 Å². The Labute approximate surface area is 108 Å². The summed E-state index contributed by atoms with van der Waals surface area (Å²) >= 11 is 12.5. The Hall–Kier alpha value is -0.460. The Bertz CT molecular complexity index is 304. The predicted octanol–water partition coefficient (Wildman–Crippen LogP) is 5.15. The van der Waals surface area contributed by atoms with Crippen LogP contribution < -0.4 is 0 Å². The fourth-order valence-electron chi connectivity index (χ4n) is 1.60. The van der Waals surface area contributed by atoms with Crippen LogP contribution in [0.5, 0.6) is 0 Å². The third kappa shape index (κ3) is 5.58. The molecule has 88 valence electrons. The van der Waals surface area contributed by atoms with Gasteiger partial charge in [0.2, 0.25) is 0 Å². The molecule has 0 heterocycles. The van der Waals surface area contributed by atoms with E-state index < -0.39 is 4.33 Å². The SMILES string of the molecule is C=CCCCC(Cl)(Cl)CCc1ccccc1. The zero-order valence-corrected chi connectivity index (χ0v) is 11.0. The van der Waals surface area contributed by atoms with Gasteiger partial charge in [-0.25, -0.2) is 0 Å². The minimum Gasteiger partial charge on any atom is -0.103 e. The molecule has 0 amide bonds. The van der Waals surface area contributed by atoms with Crippen molar-refractivity contribution in [3.8, 4) is 0 Å². The second-order valence-electron chi connectivity index (χ2n) is 4.02. The number of hydrogen-bond acceptors (Lipinski definition) is 0. The van der Waals surface area contributed by atoms with Gasteiger partial charge in [-0.05, 0) is 37.7 Å². The summed E-state index contributed by atoms with van der Waals surface area (Å²) in [6, 6.07) is 10.3. The van der Waals surface area contributed by atoms with Crippen molar-refractivity contribution in [2.75, 3.05) is 0 Å². The summed E-state index contributed by atoms with van der Waals surface area (Å²) in [5, 5.41) is 0. The molecule has 0 fully saturated rings. The number of alkyl halides is 2. The van der Waals surface area contributed by atoms with E-state index >= 15 is 0 Å². The van der Waals surface area contributed by atoms with Crippen LogP contribution in [0.15, 0.2) is 43.0 Å². The fourth-order valence-corrected chi connectivity index (χ4v) is 2.06. The second kappa shape index (κ2) is 6.98. The van der Waals surface area contributed by atoms with Gasteiger partial charge in [0.1, 0.15) is 4.33 Å². The van der Waals surface area contributed by atoms with E-state index in [-0.39, 0.29) is 0 Å². The van der Waals surface area contributed by atoms with Crippen molar-refractivity contribution in [2.45, 2.75) is 36.4 Å². The Kier molecular flexibility index (Phi) is 5.94. The smallest absolute Gasteiger partial charge is 0.103 e. The highest BCUT2D eigenvalue weighted by Crippen LogP contribution is 2.32. The number of unbranched alkanes of at least 4 members (excludes halogenated alkanes) is 1. The van der Waals surface area contributed by atoms with Crippen LogP contribution in [0.2, 0.25) is 0 Å². The van der Waals surface area contributed by atoms with Gasteiger partial charge in [0, 0.05) is 0 Å². The topological polar surface area (TPSA) is 0 Å². The molecule has 0 aliphatic carbocycles. The molecule has 0 bridgehead atoms. The number of allylic oxidation sites excluding steroid dienone is 1. The molecule has 0 N–H and O–H groups in total. The standard InChI is InChI=1S/C14H18Cl2/c1-2-3-7-11-14(15,16)12-10-13-8-5-4-6-9-13/h2,4-6,8-9H,1,3,7,10-12H2. The van der Waals surface area contributed by atoms with Crippen molar-refractivity contribution >= 4 is 23.2 Å². The molecule has 0 spiro atoms. The van der Waals surface area contributed by atoms with E-state index in [1.165, 1.54) is 5.56 Å². The number of rotatable bonds is 7. The van der Waals surface area contributed by atoms with Crippen molar-refractivity contribution in [3.63, 3.8) is 0 Å². The van der Waals surface area contributed by atoms with Crippen molar-refractivity contribution in [1.82, 2.24) is 0 Å². The molecule has 2 heteroatoms. The van der Waals surface area contributed by atoms with Crippen LogP contribution in [-0.2, 0) is 6.42 Å². The van der Waals surface area contributed by atoms with Crippen LogP contribution in [0, 0.1) is 0 Å². The molecule has 0 radical (unpaired) electrons. The lowest BCUT2D eigenvalue weighted by atomic mass is 10.0. The lowest BCUT2D eigenvalue weighted by molar-refractivity contribution is 0.608. The Morgan fingerprint density at radius 1 is 1.12 bits per heavy atom. The Morgan fingerprint density at radius 3 is 2.44 bits per heavy atom. The molecule has 1 rings (SSSR count). The van der Waals surface area contributed by atoms with E-state index in [0.29, 0.717) is 0 Å². The van der Waals surface area contributed by atoms with Gasteiger partial charge in [-0.15, -0.1) is 29.8 Å². The first kappa shape index (κ1) is 13.6. The van der Waals surface area contributed by atoms with Crippen molar-refractivity contribution in [3.05, 3.63) is 48.6 Å². The normalized spacial score (nSPS) is 11.4. The monoisotopic (exact) mass is 256 g/mol. The van der Waals surface area contributed by atoms with E-state index in [9.17, 15) is 0 Å². The quantitative estimate of drug-likeness (QED) is 0.360. The van der Waals surface area contributed by atoms with Gasteiger partial charge in [0.25, 0.3) is 0 Å². The van der Waals surface area contributed by atoms with Crippen molar-refractivity contribution < 1.29 is 0 Å². The minimum absolute atomic E-state index is 0.598. The molecule has 0 nitrogen and oxygen atoms in total. The molecular weight excluding hydrogens is 239 g/mol. The largest absolute Gasteiger partial charge is 0.118 e. The summed E-state index contributed by atoms with van der Waals surface area (Å²) < 4.78 is -0.598.